The van der Waals surface area contributed by atoms with Gasteiger partial charge in [0.1, 0.15) is 17.2 Å². The van der Waals surface area contributed by atoms with E-state index in [2.05, 4.69) is 0 Å². The van der Waals surface area contributed by atoms with E-state index in [1.165, 1.54) is 6.07 Å². The largest absolute Gasteiger partial charge is 0.334 e. The van der Waals surface area contributed by atoms with Gasteiger partial charge >= 0.3 is 0 Å². The number of carbonyl (C=O) groups is 1. The number of nitrogens with two attached hydrogens (primary N) is 1. The van der Waals surface area contributed by atoms with Crippen LogP contribution in [0.4, 0.5) is 8.78 Å². The maximum atomic E-state index is 13.7. The summed E-state index contributed by atoms with van der Waals surface area (Å²) < 4.78 is 27.5. The normalized spacial score (nSPS) is 16.1. The lowest BCUT2D eigenvalue weighted by atomic mass is 9.93. The maximum Gasteiger partial charge on any atom is 0.260 e. The number of benzene rings is 1. The molecule has 1 aromatic carbocycles. The highest BCUT2D eigenvalue weighted by molar-refractivity contribution is 5.95. The van der Waals surface area contributed by atoms with Crippen molar-refractivity contribution in [3.63, 3.8) is 0 Å². The number of carbonyl (C=O) groups excluding carboxylic acids is 1. The van der Waals surface area contributed by atoms with E-state index in [-0.39, 0.29) is 12.6 Å². The zero-order valence-corrected chi connectivity index (χ0v) is 11.4. The molecule has 0 spiro atoms. The van der Waals surface area contributed by atoms with Crippen LogP contribution in [0.1, 0.15) is 42.5 Å². The Morgan fingerprint density at radius 1 is 1.20 bits per heavy atom. The summed E-state index contributed by atoms with van der Waals surface area (Å²) >= 11 is 0. The van der Waals surface area contributed by atoms with E-state index < -0.39 is 23.1 Å². The predicted molar refractivity (Wildman–Crippen MR) is 73.3 cm³/mol. The average Bonchev–Trinajstić information content (AvgIpc) is 2.45. The third-order valence-corrected chi connectivity index (χ3v) is 3.82. The molecule has 110 valence electrons. The zero-order chi connectivity index (χ0) is 14.5. The molecule has 20 heavy (non-hydrogen) atoms. The van der Waals surface area contributed by atoms with Gasteiger partial charge in [0, 0.05) is 19.1 Å². The van der Waals surface area contributed by atoms with Crippen molar-refractivity contribution in [2.24, 2.45) is 5.73 Å². The first-order valence-corrected chi connectivity index (χ1v) is 7.10. The van der Waals surface area contributed by atoms with E-state index in [0.29, 0.717) is 6.54 Å². The van der Waals surface area contributed by atoms with Gasteiger partial charge in [-0.05, 0) is 25.0 Å². The molecule has 2 rings (SSSR count). The van der Waals surface area contributed by atoms with Gasteiger partial charge in [-0.2, -0.15) is 0 Å². The Labute approximate surface area is 117 Å². The summed E-state index contributed by atoms with van der Waals surface area (Å²) in [6.07, 6.45) is 4.98. The van der Waals surface area contributed by atoms with Crippen molar-refractivity contribution in [3.05, 3.63) is 35.4 Å². The molecular weight excluding hydrogens is 262 g/mol. The Morgan fingerprint density at radius 2 is 1.80 bits per heavy atom. The Hall–Kier alpha value is -1.49. The van der Waals surface area contributed by atoms with Crippen LogP contribution in [0.25, 0.3) is 0 Å². The van der Waals surface area contributed by atoms with Crippen LogP contribution in [0.3, 0.4) is 0 Å². The molecule has 2 N–H and O–H groups in total. The van der Waals surface area contributed by atoms with Gasteiger partial charge in [0.15, 0.2) is 0 Å². The number of amides is 1. The van der Waals surface area contributed by atoms with Crippen molar-refractivity contribution in [3.8, 4) is 0 Å². The van der Waals surface area contributed by atoms with Gasteiger partial charge < -0.3 is 10.6 Å². The molecule has 3 nitrogen and oxygen atoms in total. The molecule has 1 aliphatic carbocycles. The van der Waals surface area contributed by atoms with Crippen molar-refractivity contribution >= 4 is 5.91 Å². The lowest BCUT2D eigenvalue weighted by Crippen LogP contribution is -2.44. The van der Waals surface area contributed by atoms with Gasteiger partial charge in [-0.1, -0.05) is 25.3 Å². The summed E-state index contributed by atoms with van der Waals surface area (Å²) in [7, 11) is 0. The van der Waals surface area contributed by atoms with E-state index >= 15 is 0 Å². The first kappa shape index (κ1) is 14.9. The Balaban J connectivity index is 2.26. The summed E-state index contributed by atoms with van der Waals surface area (Å²) in [4.78, 5) is 14.0. The van der Waals surface area contributed by atoms with Crippen molar-refractivity contribution in [1.29, 1.82) is 0 Å². The molecule has 0 aromatic heterocycles. The van der Waals surface area contributed by atoms with Gasteiger partial charge in [0.2, 0.25) is 0 Å². The fourth-order valence-electron chi connectivity index (χ4n) is 2.83. The smallest absolute Gasteiger partial charge is 0.260 e. The fourth-order valence-corrected chi connectivity index (χ4v) is 2.83. The molecular formula is C15H20F2N2O. The van der Waals surface area contributed by atoms with Crippen LogP contribution in [-0.4, -0.2) is 29.9 Å². The summed E-state index contributed by atoms with van der Waals surface area (Å²) in [5, 5.41) is 0. The van der Waals surface area contributed by atoms with Gasteiger partial charge in [-0.15, -0.1) is 0 Å². The Bertz CT molecular complexity index is 453. The summed E-state index contributed by atoms with van der Waals surface area (Å²) in [6.45, 7) is 0.621. The van der Waals surface area contributed by atoms with E-state index in [1.54, 1.807) is 4.90 Å². The molecule has 1 fully saturated rings. The number of hydrogen-bond acceptors (Lipinski definition) is 2. The standard InChI is InChI=1S/C15H20F2N2O/c16-12-7-4-8-13(17)14(12)15(20)19(10-9-18)11-5-2-1-3-6-11/h4,7-8,11H,1-3,5-6,9-10,18H2. The topological polar surface area (TPSA) is 46.3 Å². The lowest BCUT2D eigenvalue weighted by Gasteiger charge is -2.34. The molecule has 5 heteroatoms. The van der Waals surface area contributed by atoms with Crippen LogP contribution in [0.15, 0.2) is 18.2 Å². The van der Waals surface area contributed by atoms with Crippen LogP contribution in [-0.2, 0) is 0 Å². The van der Waals surface area contributed by atoms with Crippen molar-refractivity contribution < 1.29 is 13.6 Å². The minimum atomic E-state index is -0.812. The fraction of sp³-hybridized carbons (Fsp3) is 0.533. The number of nitrogens with zero attached hydrogens (tertiary/aromatic N) is 1. The minimum Gasteiger partial charge on any atom is -0.334 e. The van der Waals surface area contributed by atoms with Crippen molar-refractivity contribution in [2.45, 2.75) is 38.1 Å². The summed E-state index contributed by atoms with van der Waals surface area (Å²) in [5.74, 6) is -2.21. The zero-order valence-electron chi connectivity index (χ0n) is 11.4. The molecule has 0 unspecified atom stereocenters. The van der Waals surface area contributed by atoms with Crippen LogP contribution >= 0.6 is 0 Å². The third kappa shape index (κ3) is 3.15. The monoisotopic (exact) mass is 282 g/mol. The molecule has 1 saturated carbocycles. The molecule has 1 amide bonds. The molecule has 0 radical (unpaired) electrons. The van der Waals surface area contributed by atoms with Crippen LogP contribution in [0.2, 0.25) is 0 Å². The molecule has 0 atom stereocenters. The number of rotatable bonds is 4. The van der Waals surface area contributed by atoms with Crippen LogP contribution < -0.4 is 5.73 Å². The Kier molecular flexibility index (Phi) is 5.06. The number of hydrogen-bond donors (Lipinski definition) is 1. The molecule has 0 heterocycles. The van der Waals surface area contributed by atoms with Crippen molar-refractivity contribution in [1.82, 2.24) is 4.90 Å². The molecule has 1 aliphatic rings. The van der Waals surface area contributed by atoms with Crippen molar-refractivity contribution in [2.75, 3.05) is 13.1 Å². The second-order valence-corrected chi connectivity index (χ2v) is 5.18. The van der Waals surface area contributed by atoms with Crippen LogP contribution in [0, 0.1) is 11.6 Å². The maximum absolute atomic E-state index is 13.7. The van der Waals surface area contributed by atoms with Gasteiger partial charge in [-0.25, -0.2) is 8.78 Å². The summed E-state index contributed by atoms with van der Waals surface area (Å²) in [6, 6.07) is 3.52. The second kappa shape index (κ2) is 6.79. The highest BCUT2D eigenvalue weighted by Gasteiger charge is 2.29. The lowest BCUT2D eigenvalue weighted by molar-refractivity contribution is 0.0631. The Morgan fingerprint density at radius 3 is 2.35 bits per heavy atom. The first-order chi connectivity index (χ1) is 9.65. The highest BCUT2D eigenvalue weighted by atomic mass is 19.1. The van der Waals surface area contributed by atoms with E-state index in [9.17, 15) is 13.6 Å². The molecule has 0 aliphatic heterocycles. The van der Waals surface area contributed by atoms with E-state index in [1.807, 2.05) is 0 Å². The van der Waals surface area contributed by atoms with Crippen LogP contribution in [0.5, 0.6) is 0 Å². The highest BCUT2D eigenvalue weighted by Crippen LogP contribution is 2.25. The number of halogens is 2. The predicted octanol–water partition coefficient (Wildman–Crippen LogP) is 2.70. The second-order valence-electron chi connectivity index (χ2n) is 5.18. The quantitative estimate of drug-likeness (QED) is 0.923. The van der Waals surface area contributed by atoms with E-state index in [4.69, 9.17) is 5.73 Å². The SMILES string of the molecule is NCCN(C(=O)c1c(F)cccc1F)C1CCCCC1. The van der Waals surface area contributed by atoms with Gasteiger partial charge in [-0.3, -0.25) is 4.79 Å². The third-order valence-electron chi connectivity index (χ3n) is 3.82. The van der Waals surface area contributed by atoms with E-state index in [0.717, 1.165) is 44.2 Å². The minimum absolute atomic E-state index is 0.0406. The molecule has 0 bridgehead atoms. The van der Waals surface area contributed by atoms with Gasteiger partial charge in [0.25, 0.3) is 5.91 Å². The van der Waals surface area contributed by atoms with Gasteiger partial charge in [0.05, 0.1) is 0 Å². The first-order valence-electron chi connectivity index (χ1n) is 7.10. The molecule has 1 aromatic rings. The average molecular weight is 282 g/mol. The molecule has 0 saturated heterocycles. The summed E-state index contributed by atoms with van der Waals surface area (Å²) in [5.41, 5.74) is 5.08.